The van der Waals surface area contributed by atoms with Gasteiger partial charge in [0, 0.05) is 108 Å². The van der Waals surface area contributed by atoms with Crippen LogP contribution in [0.4, 0.5) is 0 Å². The third kappa shape index (κ3) is 9.58. The fraction of sp³-hybridized carbons (Fsp3) is 0.280. The van der Waals surface area contributed by atoms with Gasteiger partial charge in [0.05, 0.1) is 46.1 Å². The van der Waals surface area contributed by atoms with Gasteiger partial charge in [0.25, 0.3) is 0 Å². The predicted molar refractivity (Wildman–Crippen MR) is 262 cm³/mol. The van der Waals surface area contributed by atoms with Crippen LogP contribution in [0.2, 0.25) is 20.1 Å². The van der Waals surface area contributed by atoms with Crippen molar-refractivity contribution < 1.29 is 28.7 Å². The van der Waals surface area contributed by atoms with Crippen LogP contribution in [0.5, 0.6) is 0 Å². The number of hydrogen-bond donors (Lipinski definition) is 0. The number of hydrogen-bond acceptors (Lipinski definition) is 7. The molecule has 336 valence electrons. The van der Waals surface area contributed by atoms with Gasteiger partial charge in [0.15, 0.2) is 0 Å². The maximum absolute atomic E-state index is 13.5. The van der Waals surface area contributed by atoms with Crippen LogP contribution in [0, 0.1) is 11.8 Å². The molecule has 0 N–H and O–H groups in total. The van der Waals surface area contributed by atoms with Crippen molar-refractivity contribution >= 4 is 116 Å². The minimum Gasteiger partial charge on any atom is -0.469 e. The number of aryl methyl sites for hydroxylation is 2. The number of fused-ring (bicyclic) bond motifs is 2. The van der Waals surface area contributed by atoms with Crippen LogP contribution < -0.4 is 0 Å². The first-order valence-corrected chi connectivity index (χ1v) is 23.5. The lowest BCUT2D eigenvalue weighted by Gasteiger charge is -2.29. The summed E-state index contributed by atoms with van der Waals surface area (Å²) in [7, 11) is 6.73. The topological polar surface area (TPSA) is 103 Å². The number of benzene rings is 4. The summed E-state index contributed by atoms with van der Waals surface area (Å²) in [5.74, 6) is -1.39. The molecule has 2 aromatic heterocycles. The highest BCUT2D eigenvalue weighted by Gasteiger charge is 2.29. The molecule has 6 aromatic rings. The van der Waals surface area contributed by atoms with Gasteiger partial charge in [-0.2, -0.15) is 0 Å². The molecule has 4 heterocycles. The van der Waals surface area contributed by atoms with Gasteiger partial charge in [0.2, 0.25) is 11.8 Å². The standard InChI is InChI=1S/C50H46Cl4N4O6S/c1-55-19-13-33-25-31(5-9-39(33)55)37-27-41(47(53)45(51)35(37)7-11-43(59)57-21-15-29(16-22-57)49(61)63-3)65-42-28-38(32-6-10-40-34(26-32)14-20-56(40)2)36(46(52)48(42)54)8-12-44(60)58-23-17-30(18-24-58)50(62)64-4/h5-14,19-20,25-30H,15-18,21-24H2,1-4H3/b11-7+,12-8+. The van der Waals surface area contributed by atoms with E-state index in [-0.39, 0.29) is 55.7 Å². The van der Waals surface area contributed by atoms with Gasteiger partial charge in [0.1, 0.15) is 0 Å². The Morgan fingerprint density at radius 1 is 0.569 bits per heavy atom. The van der Waals surface area contributed by atoms with Crippen LogP contribution in [0.25, 0.3) is 56.2 Å². The molecule has 0 aliphatic carbocycles. The molecule has 8 rings (SSSR count). The van der Waals surface area contributed by atoms with Gasteiger partial charge >= 0.3 is 11.9 Å². The normalized spacial score (nSPS) is 15.2. The number of aromatic nitrogens is 2. The van der Waals surface area contributed by atoms with Crippen molar-refractivity contribution in [2.24, 2.45) is 25.9 Å². The molecule has 15 heteroatoms. The predicted octanol–water partition coefficient (Wildman–Crippen LogP) is 11.6. The van der Waals surface area contributed by atoms with Gasteiger partial charge in [-0.1, -0.05) is 70.3 Å². The second-order valence-corrected chi connectivity index (χ2v) is 18.9. The van der Waals surface area contributed by atoms with Gasteiger partial charge < -0.3 is 28.4 Å². The lowest BCUT2D eigenvalue weighted by Crippen LogP contribution is -2.39. The summed E-state index contributed by atoms with van der Waals surface area (Å²) in [6, 6.07) is 20.2. The Hall–Kier alpha value is -5.17. The fourth-order valence-corrected chi connectivity index (χ4v) is 10.9. The van der Waals surface area contributed by atoms with E-state index in [1.807, 2.05) is 84.2 Å². The van der Waals surface area contributed by atoms with Crippen LogP contribution in [0.15, 0.2) is 95.0 Å². The van der Waals surface area contributed by atoms with Crippen LogP contribution in [-0.2, 0) is 42.7 Å². The fourth-order valence-electron chi connectivity index (χ4n) is 8.73. The van der Waals surface area contributed by atoms with Crippen molar-refractivity contribution in [2.45, 2.75) is 35.5 Å². The van der Waals surface area contributed by atoms with E-state index in [4.69, 9.17) is 55.9 Å². The maximum atomic E-state index is 13.5. The number of ether oxygens (including phenoxy) is 2. The zero-order chi connectivity index (χ0) is 46.1. The van der Waals surface area contributed by atoms with Crippen LogP contribution in [0.1, 0.15) is 36.8 Å². The summed E-state index contributed by atoms with van der Waals surface area (Å²) in [5.41, 5.74) is 6.43. The molecule has 4 aromatic carbocycles. The maximum Gasteiger partial charge on any atom is 0.308 e. The van der Waals surface area contributed by atoms with Crippen LogP contribution >= 0.6 is 58.2 Å². The van der Waals surface area contributed by atoms with Gasteiger partial charge in [-0.05, 0) is 109 Å². The number of nitrogens with zero attached hydrogens (tertiary/aromatic N) is 4. The Kier molecular flexibility index (Phi) is 14.1. The number of likely N-dealkylation sites (tertiary alicyclic amines) is 2. The molecule has 65 heavy (non-hydrogen) atoms. The molecule has 0 saturated carbocycles. The van der Waals surface area contributed by atoms with Gasteiger partial charge in [-0.3, -0.25) is 19.2 Å². The largest absolute Gasteiger partial charge is 0.469 e. The zero-order valence-corrected chi connectivity index (χ0v) is 40.0. The van der Waals surface area contributed by atoms with Crippen LogP contribution in [0.3, 0.4) is 0 Å². The Balaban J connectivity index is 1.17. The third-order valence-corrected chi connectivity index (χ3v) is 15.6. The highest BCUT2D eigenvalue weighted by atomic mass is 35.5. The number of piperidine rings is 2. The van der Waals surface area contributed by atoms with E-state index in [0.29, 0.717) is 72.8 Å². The van der Waals surface area contributed by atoms with Gasteiger partial charge in [-0.25, -0.2) is 0 Å². The number of rotatable bonds is 10. The van der Waals surface area contributed by atoms with Crippen molar-refractivity contribution in [1.82, 2.24) is 18.9 Å². The Bertz CT molecular complexity index is 2730. The highest BCUT2D eigenvalue weighted by Crippen LogP contribution is 2.49. The van der Waals surface area contributed by atoms with E-state index in [0.717, 1.165) is 44.1 Å². The summed E-state index contributed by atoms with van der Waals surface area (Å²) in [6.45, 7) is 1.71. The van der Waals surface area contributed by atoms with Gasteiger partial charge in [-0.15, -0.1) is 0 Å². The van der Waals surface area contributed by atoms with Crippen molar-refractivity contribution in [2.75, 3.05) is 40.4 Å². The minimum absolute atomic E-state index is 0.204. The molecular weight excluding hydrogens is 926 g/mol. The first-order chi connectivity index (χ1) is 31.3. The molecule has 0 unspecified atom stereocenters. The van der Waals surface area contributed by atoms with E-state index >= 15 is 0 Å². The molecule has 2 fully saturated rings. The quantitative estimate of drug-likeness (QED) is 0.0995. The molecule has 2 saturated heterocycles. The lowest BCUT2D eigenvalue weighted by atomic mass is 9.96. The molecule has 0 spiro atoms. The summed E-state index contributed by atoms with van der Waals surface area (Å²) in [5, 5.41) is 3.06. The third-order valence-electron chi connectivity index (χ3n) is 12.5. The second-order valence-electron chi connectivity index (χ2n) is 16.3. The Morgan fingerprint density at radius 2 is 0.954 bits per heavy atom. The monoisotopic (exact) mass is 970 g/mol. The number of halogens is 4. The SMILES string of the molecule is COC(=O)C1CCN(C(=O)/C=C/c2c(-c3ccc4c(ccn4C)c3)cc(Sc3cc(-c4ccc5c(ccn5C)c4)c(/C=C/C(=O)N4CCC(C(=O)OC)CC4)c(Cl)c3Cl)c(Cl)c2Cl)CC1. The lowest BCUT2D eigenvalue weighted by molar-refractivity contribution is -0.148. The molecule has 0 atom stereocenters. The Labute approximate surface area is 401 Å². The molecule has 10 nitrogen and oxygen atoms in total. The Morgan fingerprint density at radius 3 is 1.32 bits per heavy atom. The van der Waals surface area contributed by atoms with E-state index in [9.17, 15) is 19.2 Å². The highest BCUT2D eigenvalue weighted by molar-refractivity contribution is 7.99. The molecule has 2 amide bonds. The minimum atomic E-state index is -0.258. The van der Waals surface area contributed by atoms with Crippen molar-refractivity contribution in [3.8, 4) is 22.3 Å². The van der Waals surface area contributed by atoms with E-state index < -0.39 is 0 Å². The number of methoxy groups -OCH3 is 2. The zero-order valence-electron chi connectivity index (χ0n) is 36.2. The van der Waals surface area contributed by atoms with Crippen molar-refractivity contribution in [3.05, 3.63) is 116 Å². The number of carbonyl (C=O) groups excluding carboxylic acids is 4. The number of esters is 2. The first kappa shape index (κ1) is 46.4. The van der Waals surface area contributed by atoms with E-state index in [1.165, 1.54) is 38.1 Å². The number of amides is 2. The summed E-state index contributed by atoms with van der Waals surface area (Å²) in [6.07, 6.45) is 12.5. The first-order valence-electron chi connectivity index (χ1n) is 21.2. The summed E-state index contributed by atoms with van der Waals surface area (Å²) in [4.78, 5) is 56.0. The average Bonchev–Trinajstić information content (AvgIpc) is 3.90. The molecule has 2 aliphatic rings. The average molecular weight is 973 g/mol. The van der Waals surface area contributed by atoms with Crippen molar-refractivity contribution in [3.63, 3.8) is 0 Å². The van der Waals surface area contributed by atoms with E-state index in [1.54, 1.807) is 22.0 Å². The van der Waals surface area contributed by atoms with E-state index in [2.05, 4.69) is 12.1 Å². The molecule has 0 radical (unpaired) electrons. The van der Waals surface area contributed by atoms with Crippen molar-refractivity contribution in [1.29, 1.82) is 0 Å². The second kappa shape index (κ2) is 19.7. The van der Waals surface area contributed by atoms with Crippen LogP contribution in [-0.4, -0.2) is 83.1 Å². The summed E-state index contributed by atoms with van der Waals surface area (Å²) >= 11 is 30.1. The smallest absolute Gasteiger partial charge is 0.308 e. The number of carbonyl (C=O) groups is 4. The molecule has 0 bridgehead atoms. The summed E-state index contributed by atoms with van der Waals surface area (Å²) < 4.78 is 13.9. The molecular formula is C50H46Cl4N4O6S. The molecule has 2 aliphatic heterocycles.